The second kappa shape index (κ2) is 30.7. The summed E-state index contributed by atoms with van der Waals surface area (Å²) in [6.45, 7) is 5.11. The van der Waals surface area contributed by atoms with E-state index in [4.69, 9.17) is 5.11 Å². The lowest BCUT2D eigenvalue weighted by Gasteiger charge is -2.31. The highest BCUT2D eigenvalue weighted by atomic mass is 16.4. The van der Waals surface area contributed by atoms with Crippen LogP contribution in [-0.4, -0.2) is 209 Å². The van der Waals surface area contributed by atoms with Crippen LogP contribution in [0.4, 0.5) is 0 Å². The highest BCUT2D eigenvalue weighted by molar-refractivity contribution is 6.00. The molecule has 78 heavy (non-hydrogen) atoms. The molecule has 0 aliphatic carbocycles. The van der Waals surface area contributed by atoms with E-state index >= 15 is 0 Å². The molecule has 3 rings (SSSR count). The predicted octanol–water partition coefficient (Wildman–Crippen LogP) is -4.19. The van der Waals surface area contributed by atoms with Gasteiger partial charge in [-0.05, 0) is 83.6 Å². The van der Waals surface area contributed by atoms with Gasteiger partial charge in [0.05, 0.1) is 18.9 Å². The molecule has 3 heterocycles. The maximum absolute atomic E-state index is 14.1. The van der Waals surface area contributed by atoms with E-state index in [9.17, 15) is 97.5 Å². The Kier molecular flexibility index (Phi) is 25.3. The van der Waals surface area contributed by atoms with Gasteiger partial charge in [0.15, 0.2) is 0 Å². The highest BCUT2D eigenvalue weighted by Gasteiger charge is 2.43. The van der Waals surface area contributed by atoms with Gasteiger partial charge in [-0.1, -0.05) is 13.8 Å². The lowest BCUT2D eigenvalue weighted by molar-refractivity contribution is -0.148. The molecule has 0 aromatic rings. The van der Waals surface area contributed by atoms with E-state index in [0.717, 1.165) is 9.80 Å². The van der Waals surface area contributed by atoms with Crippen molar-refractivity contribution in [3.63, 3.8) is 0 Å². The number of rotatable bonds is 32. The number of nitrogens with zero attached hydrogens (tertiary/aromatic N) is 2. The molecule has 0 aromatic carbocycles. The zero-order valence-electron chi connectivity index (χ0n) is 43.3. The number of carbonyl (C=O) groups is 15. The van der Waals surface area contributed by atoms with Gasteiger partial charge in [0.25, 0.3) is 0 Å². The first kappa shape index (κ1) is 64.3. The first-order valence-corrected chi connectivity index (χ1v) is 25.4. The van der Waals surface area contributed by atoms with E-state index < -0.39 is 194 Å². The molecule has 3 aliphatic heterocycles. The Morgan fingerprint density at radius 1 is 0.449 bits per heavy atom. The molecule has 9 amide bonds. The van der Waals surface area contributed by atoms with Gasteiger partial charge in [0.1, 0.15) is 54.4 Å². The molecule has 0 saturated carbocycles. The summed E-state index contributed by atoms with van der Waals surface area (Å²) in [5, 5.41) is 75.7. The molecule has 3 fully saturated rings. The normalized spacial score (nSPS) is 19.6. The van der Waals surface area contributed by atoms with E-state index in [2.05, 4.69) is 37.2 Å². The lowest BCUT2D eigenvalue weighted by Crippen LogP contribution is -2.60. The van der Waals surface area contributed by atoms with Crippen molar-refractivity contribution in [3.05, 3.63) is 0 Å². The number of likely N-dealkylation sites (tertiary alicyclic amines) is 2. The first-order chi connectivity index (χ1) is 36.6. The maximum atomic E-state index is 14.1. The second-order valence-electron chi connectivity index (χ2n) is 19.6. The average Bonchev–Trinajstić information content (AvgIpc) is 4.17. The third kappa shape index (κ3) is 20.5. The summed E-state index contributed by atoms with van der Waals surface area (Å²) in [5.74, 6) is -18.1. The molecular weight excluding hydrogens is 1040 g/mol. The fraction of sp³-hybridized carbons (Fsp3) is 0.681. The van der Waals surface area contributed by atoms with Crippen LogP contribution in [0.5, 0.6) is 0 Å². The highest BCUT2D eigenvalue weighted by Crippen LogP contribution is 2.22. The molecule has 3 aliphatic rings. The van der Waals surface area contributed by atoms with Gasteiger partial charge in [0, 0.05) is 32.4 Å². The second-order valence-corrected chi connectivity index (χ2v) is 19.6. The number of hydrogen-bond acceptors (Lipinski definition) is 16. The zero-order chi connectivity index (χ0) is 58.6. The quantitative estimate of drug-likeness (QED) is 0.0304. The molecule has 10 atom stereocenters. The number of carboxylic acids is 6. The summed E-state index contributed by atoms with van der Waals surface area (Å²) in [6.07, 6.45) is -4.26. The molecule has 0 unspecified atom stereocenters. The van der Waals surface area contributed by atoms with Crippen molar-refractivity contribution in [2.75, 3.05) is 19.6 Å². The minimum atomic E-state index is -1.99. The van der Waals surface area contributed by atoms with Gasteiger partial charge in [-0.25, -0.2) is 4.79 Å². The molecule has 0 bridgehead atoms. The molecule has 434 valence electrons. The monoisotopic (exact) mass is 1110 g/mol. The number of aliphatic carboxylic acids is 6. The molecule has 31 heteroatoms. The molecule has 0 radical (unpaired) electrons. The SMILES string of the molecule is CC(C)C[C@H](NC(=O)[C@H](CCC(=O)O)NC(=O)[C@@H]1CCCN1)C(=O)N[C@@H](C)C(=O)N1CCC[C@H]1C(=O)N[C@@H](CCC(=O)O)C(=O)N[C@@H](CC(=O)O)C(=O)N1CCC[C@H]1C(=O)N[C@@H](CCC(=O)O)C(=O)N[C@@H](CC(=O)O)C(=O)O. The van der Waals surface area contributed by atoms with E-state index in [1.165, 1.54) is 6.92 Å². The number of carboxylic acid groups (broad SMARTS) is 6. The summed E-state index contributed by atoms with van der Waals surface area (Å²) in [7, 11) is 0. The van der Waals surface area contributed by atoms with E-state index in [0.29, 0.717) is 19.4 Å². The fourth-order valence-corrected chi connectivity index (χ4v) is 9.03. The van der Waals surface area contributed by atoms with E-state index in [-0.39, 0.29) is 57.5 Å². The van der Waals surface area contributed by atoms with Gasteiger partial charge in [0.2, 0.25) is 53.2 Å². The van der Waals surface area contributed by atoms with Gasteiger partial charge in [-0.15, -0.1) is 0 Å². The molecular formula is C47H70N10O21. The summed E-state index contributed by atoms with van der Waals surface area (Å²) in [4.78, 5) is 194. The summed E-state index contributed by atoms with van der Waals surface area (Å²) >= 11 is 0. The van der Waals surface area contributed by atoms with Gasteiger partial charge in [-0.2, -0.15) is 0 Å². The van der Waals surface area contributed by atoms with Crippen LogP contribution in [0.25, 0.3) is 0 Å². The van der Waals surface area contributed by atoms with Crippen molar-refractivity contribution >= 4 is 89.0 Å². The van der Waals surface area contributed by atoms with Crippen molar-refractivity contribution in [3.8, 4) is 0 Å². The molecule has 0 spiro atoms. The zero-order valence-corrected chi connectivity index (χ0v) is 43.3. The summed E-state index contributed by atoms with van der Waals surface area (Å²) in [5.41, 5.74) is 0. The van der Waals surface area contributed by atoms with Crippen LogP contribution < -0.4 is 42.5 Å². The Bertz CT molecular complexity index is 2290. The largest absolute Gasteiger partial charge is 0.481 e. The van der Waals surface area contributed by atoms with E-state index in [1.54, 1.807) is 13.8 Å². The number of hydrogen-bond donors (Lipinski definition) is 14. The minimum Gasteiger partial charge on any atom is -0.481 e. The number of carbonyl (C=O) groups excluding carboxylic acids is 9. The fourth-order valence-electron chi connectivity index (χ4n) is 9.03. The van der Waals surface area contributed by atoms with Gasteiger partial charge in [-0.3, -0.25) is 67.1 Å². The third-order valence-corrected chi connectivity index (χ3v) is 12.9. The van der Waals surface area contributed by atoms with Crippen LogP contribution in [0.15, 0.2) is 0 Å². The molecule has 3 saturated heterocycles. The van der Waals surface area contributed by atoms with Crippen LogP contribution in [-0.2, 0) is 71.9 Å². The topological polar surface area (TPSA) is 480 Å². The van der Waals surface area contributed by atoms with Crippen molar-refractivity contribution in [1.29, 1.82) is 0 Å². The van der Waals surface area contributed by atoms with Crippen LogP contribution in [0.2, 0.25) is 0 Å². The third-order valence-electron chi connectivity index (χ3n) is 12.9. The lowest BCUT2D eigenvalue weighted by atomic mass is 10.0. The number of nitrogens with one attached hydrogen (secondary N) is 8. The molecule has 14 N–H and O–H groups in total. The Morgan fingerprint density at radius 3 is 1.24 bits per heavy atom. The Morgan fingerprint density at radius 2 is 0.846 bits per heavy atom. The standard InChI is InChI=1S/C47H70N10O21/c1-22(2)19-28(53-39(69)25(10-13-33(58)59)50-38(68)24-7-4-16-48-24)42(72)49-23(3)45(75)56-17-5-8-31(56)43(73)51-26(11-14-34(60)61)40(70)54-29(20-36(64)65)46(76)57-18-6-9-32(57)44(74)52-27(12-15-35(62)63)41(71)55-30(47(77)78)21-37(66)67/h22-32,48H,4-21H2,1-3H3,(H,49,72)(H,50,68)(H,51,73)(H,52,74)(H,53,69)(H,54,70)(H,55,71)(H,58,59)(H,60,61)(H,62,63)(H,64,65)(H,66,67)(H,77,78)/t23-,24-,25-,26-,27-,28-,29-,30-,31-,32-/m0/s1. The Balaban J connectivity index is 1.78. The van der Waals surface area contributed by atoms with Crippen molar-refractivity contribution in [1.82, 2.24) is 52.3 Å². The van der Waals surface area contributed by atoms with Gasteiger partial charge >= 0.3 is 35.8 Å². The minimum absolute atomic E-state index is 0.0111. The van der Waals surface area contributed by atoms with Crippen molar-refractivity contribution < 1.29 is 103 Å². The summed E-state index contributed by atoms with van der Waals surface area (Å²) in [6, 6.07) is -14.9. The van der Waals surface area contributed by atoms with Crippen molar-refractivity contribution in [2.24, 2.45) is 5.92 Å². The van der Waals surface area contributed by atoms with Crippen molar-refractivity contribution in [2.45, 2.75) is 178 Å². The van der Waals surface area contributed by atoms with E-state index in [1.807, 2.05) is 5.32 Å². The first-order valence-electron chi connectivity index (χ1n) is 25.4. The average molecular weight is 1110 g/mol. The number of amides is 9. The Labute approximate surface area is 446 Å². The van der Waals surface area contributed by atoms with Crippen LogP contribution in [0, 0.1) is 5.92 Å². The summed E-state index contributed by atoms with van der Waals surface area (Å²) < 4.78 is 0. The van der Waals surface area contributed by atoms with Crippen LogP contribution in [0.3, 0.4) is 0 Å². The predicted molar refractivity (Wildman–Crippen MR) is 262 cm³/mol. The van der Waals surface area contributed by atoms with Crippen LogP contribution >= 0.6 is 0 Å². The smallest absolute Gasteiger partial charge is 0.326 e. The molecule has 31 nitrogen and oxygen atoms in total. The maximum Gasteiger partial charge on any atom is 0.326 e. The van der Waals surface area contributed by atoms with Gasteiger partial charge < -0.3 is 83.0 Å². The van der Waals surface area contributed by atoms with Crippen LogP contribution in [0.1, 0.15) is 117 Å². The molecule has 0 aromatic heterocycles. The Hall–Kier alpha value is -7.99.